The molecule has 2 heterocycles. The van der Waals surface area contributed by atoms with Crippen molar-refractivity contribution in [2.24, 2.45) is 0 Å². The van der Waals surface area contributed by atoms with Gasteiger partial charge in [-0.1, -0.05) is 30.3 Å². The first-order valence-electron chi connectivity index (χ1n) is 9.35. The van der Waals surface area contributed by atoms with Crippen LogP contribution in [0.2, 0.25) is 0 Å². The third kappa shape index (κ3) is 4.15. The minimum Gasteiger partial charge on any atom is -0.497 e. The topological polar surface area (TPSA) is 28.6 Å². The number of methoxy groups -OCH3 is 1. The number of hydrogen-bond acceptors (Lipinski definition) is 5. The second-order valence-electron chi connectivity index (χ2n) is 6.92. The van der Waals surface area contributed by atoms with E-state index in [1.165, 1.54) is 22.5 Å². The first-order chi connectivity index (χ1) is 13.2. The molecule has 1 aromatic heterocycles. The van der Waals surface area contributed by atoms with E-state index in [4.69, 9.17) is 9.72 Å². The molecule has 0 radical (unpaired) electrons. The largest absolute Gasteiger partial charge is 0.497 e. The molecule has 3 aromatic rings. The number of nitrogens with zero attached hydrogens (tertiary/aromatic N) is 3. The molecule has 5 heteroatoms. The maximum atomic E-state index is 5.35. The van der Waals surface area contributed by atoms with E-state index in [0.717, 1.165) is 43.5 Å². The predicted octanol–water partition coefficient (Wildman–Crippen LogP) is 4.45. The molecule has 0 saturated carbocycles. The average molecular weight is 380 g/mol. The second kappa shape index (κ2) is 8.11. The van der Waals surface area contributed by atoms with Crippen molar-refractivity contribution in [2.75, 3.05) is 38.2 Å². The van der Waals surface area contributed by atoms with Gasteiger partial charge in [-0.3, -0.25) is 4.90 Å². The average Bonchev–Trinajstić information content (AvgIpc) is 3.17. The van der Waals surface area contributed by atoms with Crippen LogP contribution in [0, 0.1) is 6.92 Å². The molecule has 1 aliphatic heterocycles. The zero-order valence-corrected chi connectivity index (χ0v) is 16.7. The van der Waals surface area contributed by atoms with Crippen molar-refractivity contribution in [3.05, 3.63) is 65.2 Å². The van der Waals surface area contributed by atoms with Crippen LogP contribution in [0.1, 0.15) is 11.3 Å². The first kappa shape index (κ1) is 18.0. The third-order valence-electron chi connectivity index (χ3n) is 5.10. The van der Waals surface area contributed by atoms with E-state index in [1.54, 1.807) is 18.4 Å². The van der Waals surface area contributed by atoms with Crippen molar-refractivity contribution < 1.29 is 4.74 Å². The van der Waals surface area contributed by atoms with Crippen molar-refractivity contribution in [1.29, 1.82) is 0 Å². The standard InChI is InChI=1S/C22H25N3OS/c1-17-6-3-4-9-21(17)22-23-18(16-27-22)15-24-10-12-25(13-11-24)19-7-5-8-20(14-19)26-2/h3-9,14,16H,10-13,15H2,1-2H3. The van der Waals surface area contributed by atoms with Gasteiger partial charge in [0.1, 0.15) is 10.8 Å². The molecule has 0 amide bonds. The van der Waals surface area contributed by atoms with Crippen LogP contribution in [0.25, 0.3) is 10.6 Å². The van der Waals surface area contributed by atoms with Gasteiger partial charge in [0.2, 0.25) is 0 Å². The molecule has 0 bridgehead atoms. The molecule has 1 saturated heterocycles. The fourth-order valence-electron chi connectivity index (χ4n) is 3.52. The molecule has 1 fully saturated rings. The number of rotatable bonds is 5. The lowest BCUT2D eigenvalue weighted by Gasteiger charge is -2.35. The third-order valence-corrected chi connectivity index (χ3v) is 6.03. The summed E-state index contributed by atoms with van der Waals surface area (Å²) in [6, 6.07) is 16.8. The Labute approximate surface area is 165 Å². The van der Waals surface area contributed by atoms with Crippen LogP contribution in [0.5, 0.6) is 5.75 Å². The number of thiazole rings is 1. The fourth-order valence-corrected chi connectivity index (χ4v) is 4.42. The quantitative estimate of drug-likeness (QED) is 0.655. The molecular weight excluding hydrogens is 354 g/mol. The molecule has 0 aliphatic carbocycles. The van der Waals surface area contributed by atoms with E-state index in [2.05, 4.69) is 64.6 Å². The van der Waals surface area contributed by atoms with Crippen molar-refractivity contribution in [2.45, 2.75) is 13.5 Å². The Hall–Kier alpha value is -2.37. The highest BCUT2D eigenvalue weighted by molar-refractivity contribution is 7.13. The number of aryl methyl sites for hydroxylation is 1. The molecule has 4 nitrogen and oxygen atoms in total. The second-order valence-corrected chi connectivity index (χ2v) is 7.78. The molecule has 1 aliphatic rings. The van der Waals surface area contributed by atoms with Crippen LogP contribution >= 0.6 is 11.3 Å². The molecular formula is C22H25N3OS. The molecule has 140 valence electrons. The molecule has 0 spiro atoms. The van der Waals surface area contributed by atoms with Gasteiger partial charge in [0.05, 0.1) is 12.8 Å². The Morgan fingerprint density at radius 2 is 1.85 bits per heavy atom. The summed E-state index contributed by atoms with van der Waals surface area (Å²) in [5.41, 5.74) is 4.94. The highest BCUT2D eigenvalue weighted by atomic mass is 32.1. The summed E-state index contributed by atoms with van der Waals surface area (Å²) in [5.74, 6) is 0.918. The van der Waals surface area contributed by atoms with E-state index in [0.29, 0.717) is 0 Å². The summed E-state index contributed by atoms with van der Waals surface area (Å²) >= 11 is 1.74. The lowest BCUT2D eigenvalue weighted by Crippen LogP contribution is -2.46. The lowest BCUT2D eigenvalue weighted by molar-refractivity contribution is 0.247. The Morgan fingerprint density at radius 3 is 2.63 bits per heavy atom. The maximum absolute atomic E-state index is 5.35. The summed E-state index contributed by atoms with van der Waals surface area (Å²) in [7, 11) is 1.72. The van der Waals surface area contributed by atoms with E-state index in [1.807, 2.05) is 6.07 Å². The monoisotopic (exact) mass is 379 g/mol. The molecule has 0 atom stereocenters. The van der Waals surface area contributed by atoms with Crippen LogP contribution < -0.4 is 9.64 Å². The number of hydrogen-bond donors (Lipinski definition) is 0. The number of anilines is 1. The minimum atomic E-state index is 0.918. The van der Waals surface area contributed by atoms with Crippen molar-refractivity contribution in [1.82, 2.24) is 9.88 Å². The zero-order chi connectivity index (χ0) is 18.6. The normalized spacial score (nSPS) is 15.1. The first-order valence-corrected chi connectivity index (χ1v) is 10.2. The molecule has 2 aromatic carbocycles. The fraction of sp³-hybridized carbons (Fsp3) is 0.318. The van der Waals surface area contributed by atoms with Crippen molar-refractivity contribution >= 4 is 17.0 Å². The summed E-state index contributed by atoms with van der Waals surface area (Å²) in [4.78, 5) is 9.80. The Kier molecular flexibility index (Phi) is 5.41. The predicted molar refractivity (Wildman–Crippen MR) is 113 cm³/mol. The smallest absolute Gasteiger partial charge is 0.123 e. The number of aromatic nitrogens is 1. The van der Waals surface area contributed by atoms with E-state index in [9.17, 15) is 0 Å². The zero-order valence-electron chi connectivity index (χ0n) is 15.9. The number of ether oxygens (including phenoxy) is 1. The van der Waals surface area contributed by atoms with Gasteiger partial charge in [-0.05, 0) is 24.6 Å². The Balaban J connectivity index is 1.36. The number of benzene rings is 2. The highest BCUT2D eigenvalue weighted by Gasteiger charge is 2.19. The summed E-state index contributed by atoms with van der Waals surface area (Å²) < 4.78 is 5.35. The van der Waals surface area contributed by atoms with Crippen molar-refractivity contribution in [3.63, 3.8) is 0 Å². The van der Waals surface area contributed by atoms with Crippen LogP contribution in [0.3, 0.4) is 0 Å². The Bertz CT molecular complexity index is 900. The van der Waals surface area contributed by atoms with Gasteiger partial charge in [0.25, 0.3) is 0 Å². The van der Waals surface area contributed by atoms with Gasteiger partial charge in [0.15, 0.2) is 0 Å². The van der Waals surface area contributed by atoms with Crippen molar-refractivity contribution in [3.8, 4) is 16.3 Å². The van der Waals surface area contributed by atoms with Gasteiger partial charge in [0, 0.05) is 55.4 Å². The van der Waals surface area contributed by atoms with E-state index in [-0.39, 0.29) is 0 Å². The minimum absolute atomic E-state index is 0.918. The van der Waals surface area contributed by atoms with Gasteiger partial charge in [-0.2, -0.15) is 0 Å². The summed E-state index contributed by atoms with van der Waals surface area (Å²) in [6.07, 6.45) is 0. The number of piperazine rings is 1. The molecule has 27 heavy (non-hydrogen) atoms. The van der Waals surface area contributed by atoms with E-state index < -0.39 is 0 Å². The molecule has 0 unspecified atom stereocenters. The van der Waals surface area contributed by atoms with Gasteiger partial charge in [-0.15, -0.1) is 11.3 Å². The van der Waals surface area contributed by atoms with Crippen LogP contribution in [0.4, 0.5) is 5.69 Å². The van der Waals surface area contributed by atoms with Gasteiger partial charge < -0.3 is 9.64 Å². The van der Waals surface area contributed by atoms with Crippen LogP contribution in [-0.2, 0) is 6.54 Å². The van der Waals surface area contributed by atoms with Gasteiger partial charge in [-0.25, -0.2) is 4.98 Å². The van der Waals surface area contributed by atoms with Gasteiger partial charge >= 0.3 is 0 Å². The highest BCUT2D eigenvalue weighted by Crippen LogP contribution is 2.27. The summed E-state index contributed by atoms with van der Waals surface area (Å²) in [5, 5.41) is 3.33. The SMILES string of the molecule is COc1cccc(N2CCN(Cc3csc(-c4ccccc4C)n3)CC2)c1. The maximum Gasteiger partial charge on any atom is 0.123 e. The van der Waals surface area contributed by atoms with E-state index >= 15 is 0 Å². The molecule has 4 rings (SSSR count). The molecule has 0 N–H and O–H groups in total. The van der Waals surface area contributed by atoms with Crippen LogP contribution in [0.15, 0.2) is 53.9 Å². The summed E-state index contributed by atoms with van der Waals surface area (Å²) in [6.45, 7) is 7.23. The Morgan fingerprint density at radius 1 is 1.04 bits per heavy atom. The van der Waals surface area contributed by atoms with Crippen LogP contribution in [-0.4, -0.2) is 43.2 Å². The lowest BCUT2D eigenvalue weighted by atomic mass is 10.1.